The number of nitrogens with one attached hydrogen (secondary N) is 1. The smallest absolute Gasteiger partial charge is 0.320 e. The zero-order chi connectivity index (χ0) is 14.0. The zero-order valence-electron chi connectivity index (χ0n) is 11.3. The molecule has 0 spiro atoms. The molecule has 0 heterocycles. The molecule has 0 bridgehead atoms. The van der Waals surface area contributed by atoms with Gasteiger partial charge in [0, 0.05) is 6.04 Å². The summed E-state index contributed by atoms with van der Waals surface area (Å²) in [7, 11) is 0. The summed E-state index contributed by atoms with van der Waals surface area (Å²) in [6.45, 7) is 3.81. The van der Waals surface area contributed by atoms with Gasteiger partial charge in [0.15, 0.2) is 0 Å². The summed E-state index contributed by atoms with van der Waals surface area (Å²) in [5, 5.41) is 12.3. The van der Waals surface area contributed by atoms with Gasteiger partial charge >= 0.3 is 5.97 Å². The summed E-state index contributed by atoms with van der Waals surface area (Å²) >= 11 is 0. The first kappa shape index (κ1) is 14.0. The average molecular weight is 265 g/mol. The first-order chi connectivity index (χ1) is 8.97. The van der Waals surface area contributed by atoms with Gasteiger partial charge in [0.2, 0.25) is 0 Å². The van der Waals surface area contributed by atoms with Crippen LogP contribution in [0.2, 0.25) is 0 Å². The van der Waals surface area contributed by atoms with E-state index < -0.39 is 12.0 Å². The minimum Gasteiger partial charge on any atom is -0.480 e. The minimum absolute atomic E-state index is 0.0716. The molecule has 3 nitrogen and oxygen atoms in total. The second-order valence-electron chi connectivity index (χ2n) is 5.64. The van der Waals surface area contributed by atoms with E-state index in [1.807, 2.05) is 26.0 Å². The highest BCUT2D eigenvalue weighted by molar-refractivity contribution is 5.73. The van der Waals surface area contributed by atoms with Crippen LogP contribution in [0, 0.1) is 11.7 Å². The third-order valence-electron chi connectivity index (χ3n) is 3.83. The fourth-order valence-electron chi connectivity index (χ4n) is 2.56. The van der Waals surface area contributed by atoms with Gasteiger partial charge in [0.1, 0.15) is 11.9 Å². The molecule has 1 aliphatic carbocycles. The highest BCUT2D eigenvalue weighted by Crippen LogP contribution is 2.37. The molecular weight excluding hydrogens is 245 g/mol. The van der Waals surface area contributed by atoms with Crippen molar-refractivity contribution in [2.75, 3.05) is 0 Å². The molecule has 0 amide bonds. The monoisotopic (exact) mass is 265 g/mol. The summed E-state index contributed by atoms with van der Waals surface area (Å²) in [5.41, 5.74) is 1.14. The summed E-state index contributed by atoms with van der Waals surface area (Å²) in [4.78, 5) is 11.1. The number of rotatable bonds is 5. The first-order valence-electron chi connectivity index (χ1n) is 6.71. The van der Waals surface area contributed by atoms with E-state index in [-0.39, 0.29) is 17.8 Å². The third kappa shape index (κ3) is 3.32. The number of halogens is 1. The van der Waals surface area contributed by atoms with E-state index in [1.165, 1.54) is 12.1 Å². The van der Waals surface area contributed by atoms with Gasteiger partial charge < -0.3 is 10.4 Å². The summed E-state index contributed by atoms with van der Waals surface area (Å²) in [6.07, 6.45) is 1.84. The Kier molecular flexibility index (Phi) is 4.20. The van der Waals surface area contributed by atoms with Gasteiger partial charge in [0.05, 0.1) is 0 Å². The van der Waals surface area contributed by atoms with Crippen molar-refractivity contribution in [1.82, 2.24) is 5.32 Å². The number of hydrogen-bond acceptors (Lipinski definition) is 2. The Labute approximate surface area is 112 Å². The zero-order valence-corrected chi connectivity index (χ0v) is 11.3. The molecule has 2 rings (SSSR count). The van der Waals surface area contributed by atoms with E-state index in [1.54, 1.807) is 0 Å². The van der Waals surface area contributed by atoms with Crippen LogP contribution < -0.4 is 5.32 Å². The van der Waals surface area contributed by atoms with Gasteiger partial charge in [-0.25, -0.2) is 4.39 Å². The second kappa shape index (κ2) is 5.70. The number of carboxylic acid groups (broad SMARTS) is 1. The topological polar surface area (TPSA) is 49.3 Å². The largest absolute Gasteiger partial charge is 0.480 e. The number of carbonyl (C=O) groups is 1. The van der Waals surface area contributed by atoms with Crippen molar-refractivity contribution < 1.29 is 14.3 Å². The Morgan fingerprint density at radius 1 is 1.32 bits per heavy atom. The fraction of sp³-hybridized carbons (Fsp3) is 0.533. The van der Waals surface area contributed by atoms with Crippen LogP contribution in [0.25, 0.3) is 0 Å². The average Bonchev–Trinajstić information content (AvgIpc) is 2.28. The molecule has 1 aromatic carbocycles. The van der Waals surface area contributed by atoms with Crippen molar-refractivity contribution >= 4 is 5.97 Å². The van der Waals surface area contributed by atoms with Gasteiger partial charge in [-0.15, -0.1) is 0 Å². The lowest BCUT2D eigenvalue weighted by atomic mass is 9.75. The van der Waals surface area contributed by atoms with Crippen LogP contribution in [0.4, 0.5) is 4.39 Å². The molecule has 0 aliphatic heterocycles. The van der Waals surface area contributed by atoms with Crippen molar-refractivity contribution in [2.45, 2.75) is 44.7 Å². The van der Waals surface area contributed by atoms with E-state index in [2.05, 4.69) is 5.32 Å². The Morgan fingerprint density at radius 2 is 1.89 bits per heavy atom. The fourth-order valence-corrected chi connectivity index (χ4v) is 2.56. The van der Waals surface area contributed by atoms with Crippen LogP contribution in [0.5, 0.6) is 0 Å². The number of hydrogen-bond donors (Lipinski definition) is 2. The standard InChI is InChI=1S/C15H20FNO2/c1-9(2)14(15(18)19)17-13-7-11(8-13)10-3-5-12(16)6-4-10/h3-6,9,11,13-14,17H,7-8H2,1-2H3,(H,18,19). The van der Waals surface area contributed by atoms with Crippen LogP contribution in [0.15, 0.2) is 24.3 Å². The summed E-state index contributed by atoms with van der Waals surface area (Å²) < 4.78 is 12.8. The predicted octanol–water partition coefficient (Wildman–Crippen LogP) is 2.77. The highest BCUT2D eigenvalue weighted by Gasteiger charge is 2.34. The minimum atomic E-state index is -0.791. The molecule has 0 saturated heterocycles. The normalized spacial score (nSPS) is 24.0. The van der Waals surface area contributed by atoms with Gasteiger partial charge in [-0.05, 0) is 42.4 Å². The van der Waals surface area contributed by atoms with Crippen molar-refractivity contribution in [3.8, 4) is 0 Å². The van der Waals surface area contributed by atoms with Crippen LogP contribution in [-0.2, 0) is 4.79 Å². The van der Waals surface area contributed by atoms with Crippen LogP contribution in [0.3, 0.4) is 0 Å². The maximum atomic E-state index is 12.8. The predicted molar refractivity (Wildman–Crippen MR) is 71.6 cm³/mol. The van der Waals surface area contributed by atoms with Crippen molar-refractivity contribution in [1.29, 1.82) is 0 Å². The van der Waals surface area contributed by atoms with Gasteiger partial charge in [0.25, 0.3) is 0 Å². The van der Waals surface area contributed by atoms with Crippen LogP contribution >= 0.6 is 0 Å². The molecule has 4 heteroatoms. The van der Waals surface area contributed by atoms with E-state index in [9.17, 15) is 9.18 Å². The number of benzene rings is 1. The molecule has 2 N–H and O–H groups in total. The number of carboxylic acids is 1. The highest BCUT2D eigenvalue weighted by atomic mass is 19.1. The van der Waals surface area contributed by atoms with Gasteiger partial charge in [-0.1, -0.05) is 26.0 Å². The second-order valence-corrected chi connectivity index (χ2v) is 5.64. The first-order valence-corrected chi connectivity index (χ1v) is 6.71. The molecule has 1 unspecified atom stereocenters. The molecule has 1 fully saturated rings. The Morgan fingerprint density at radius 3 is 2.37 bits per heavy atom. The van der Waals surface area contributed by atoms with Crippen LogP contribution in [-0.4, -0.2) is 23.2 Å². The van der Waals surface area contributed by atoms with E-state index in [4.69, 9.17) is 5.11 Å². The molecule has 19 heavy (non-hydrogen) atoms. The summed E-state index contributed by atoms with van der Waals surface area (Å²) in [6, 6.07) is 6.34. The molecule has 1 aliphatic rings. The van der Waals surface area contributed by atoms with E-state index >= 15 is 0 Å². The summed E-state index contributed by atoms with van der Waals surface area (Å²) in [5.74, 6) is -0.522. The molecule has 1 aromatic rings. The van der Waals surface area contributed by atoms with Crippen molar-refractivity contribution in [2.24, 2.45) is 5.92 Å². The molecule has 0 aromatic heterocycles. The van der Waals surface area contributed by atoms with Crippen LogP contribution in [0.1, 0.15) is 38.2 Å². The van der Waals surface area contributed by atoms with Gasteiger partial charge in [-0.3, -0.25) is 4.79 Å². The molecule has 1 atom stereocenters. The SMILES string of the molecule is CC(C)C(NC1CC(c2ccc(F)cc2)C1)C(=O)O. The molecule has 104 valence electrons. The lowest BCUT2D eigenvalue weighted by Gasteiger charge is -2.38. The lowest BCUT2D eigenvalue weighted by molar-refractivity contribution is -0.141. The molecule has 1 saturated carbocycles. The van der Waals surface area contributed by atoms with Crippen molar-refractivity contribution in [3.05, 3.63) is 35.6 Å². The molecular formula is C15H20FNO2. The Balaban J connectivity index is 1.86. The van der Waals surface area contributed by atoms with E-state index in [0.717, 1.165) is 18.4 Å². The third-order valence-corrected chi connectivity index (χ3v) is 3.83. The number of aliphatic carboxylic acids is 1. The maximum absolute atomic E-state index is 12.8. The Hall–Kier alpha value is -1.42. The van der Waals surface area contributed by atoms with Crippen molar-refractivity contribution in [3.63, 3.8) is 0 Å². The molecule has 0 radical (unpaired) electrons. The van der Waals surface area contributed by atoms with Gasteiger partial charge in [-0.2, -0.15) is 0 Å². The Bertz CT molecular complexity index is 438. The maximum Gasteiger partial charge on any atom is 0.320 e. The quantitative estimate of drug-likeness (QED) is 0.860. The van der Waals surface area contributed by atoms with E-state index in [0.29, 0.717) is 5.92 Å². The lowest BCUT2D eigenvalue weighted by Crippen LogP contribution is -2.50.